The second-order valence-electron chi connectivity index (χ2n) is 4.26. The minimum absolute atomic E-state index is 0.0240. The Hall–Kier alpha value is -2.12. The van der Waals surface area contributed by atoms with Gasteiger partial charge in [-0.3, -0.25) is 4.72 Å². The van der Waals surface area contributed by atoms with Gasteiger partial charge in [-0.2, -0.15) is 0 Å². The smallest absolute Gasteiger partial charge is 0.261 e. The van der Waals surface area contributed by atoms with Crippen LogP contribution in [0.4, 0.5) is 10.1 Å². The molecule has 5 nitrogen and oxygen atoms in total. The molecule has 0 bridgehead atoms. The minimum Gasteiger partial charge on any atom is -0.494 e. The third-order valence-corrected chi connectivity index (χ3v) is 4.22. The van der Waals surface area contributed by atoms with Crippen molar-refractivity contribution in [1.82, 2.24) is 0 Å². The molecule has 2 aromatic carbocycles. The fourth-order valence-electron chi connectivity index (χ4n) is 1.72. The molecule has 0 aliphatic rings. The summed E-state index contributed by atoms with van der Waals surface area (Å²) in [5, 5.41) is 8.93. The zero-order valence-electron chi connectivity index (χ0n) is 11.2. The Morgan fingerprint density at radius 3 is 2.38 bits per heavy atom. The van der Waals surface area contributed by atoms with E-state index in [0.717, 1.165) is 6.07 Å². The number of ether oxygens (including phenoxy) is 1. The number of hydrogen-bond acceptors (Lipinski definition) is 4. The van der Waals surface area contributed by atoms with E-state index >= 15 is 0 Å². The average Bonchev–Trinajstić information content (AvgIpc) is 2.47. The van der Waals surface area contributed by atoms with Gasteiger partial charge in [-0.1, -0.05) is 12.1 Å². The molecule has 112 valence electrons. The highest BCUT2D eigenvalue weighted by molar-refractivity contribution is 7.92. The van der Waals surface area contributed by atoms with Gasteiger partial charge in [0.1, 0.15) is 0 Å². The molecule has 0 amide bonds. The van der Waals surface area contributed by atoms with Crippen molar-refractivity contribution in [3.05, 3.63) is 53.8 Å². The Kier molecular flexibility index (Phi) is 4.44. The minimum atomic E-state index is -3.81. The summed E-state index contributed by atoms with van der Waals surface area (Å²) in [5.41, 5.74) is 0.698. The van der Waals surface area contributed by atoms with Crippen LogP contribution < -0.4 is 9.46 Å². The summed E-state index contributed by atoms with van der Waals surface area (Å²) in [6.07, 6.45) is 0. The molecule has 2 N–H and O–H groups in total. The first-order valence-corrected chi connectivity index (χ1v) is 7.51. The number of sulfonamides is 1. The summed E-state index contributed by atoms with van der Waals surface area (Å²) >= 11 is 0. The number of methoxy groups -OCH3 is 1. The summed E-state index contributed by atoms with van der Waals surface area (Å²) in [5.74, 6) is -0.626. The normalized spacial score (nSPS) is 11.2. The molecule has 21 heavy (non-hydrogen) atoms. The van der Waals surface area contributed by atoms with Crippen molar-refractivity contribution in [3.63, 3.8) is 0 Å². The highest BCUT2D eigenvalue weighted by Gasteiger charge is 2.15. The van der Waals surface area contributed by atoms with E-state index in [0.29, 0.717) is 5.56 Å². The molecular formula is C14H14FNO4S. The summed E-state index contributed by atoms with van der Waals surface area (Å²) in [6, 6.07) is 9.52. The van der Waals surface area contributed by atoms with E-state index in [1.165, 1.54) is 43.5 Å². The van der Waals surface area contributed by atoms with Crippen LogP contribution in [0.1, 0.15) is 5.56 Å². The lowest BCUT2D eigenvalue weighted by Gasteiger charge is -2.10. The van der Waals surface area contributed by atoms with Crippen molar-refractivity contribution in [1.29, 1.82) is 0 Å². The SMILES string of the molecule is COc1ccc(NS(=O)(=O)c2ccc(CO)cc2)cc1F. The second-order valence-corrected chi connectivity index (χ2v) is 5.94. The van der Waals surface area contributed by atoms with Crippen LogP contribution in [0.3, 0.4) is 0 Å². The molecule has 0 unspecified atom stereocenters. The molecule has 0 spiro atoms. The molecule has 0 saturated heterocycles. The second kappa shape index (κ2) is 6.11. The van der Waals surface area contributed by atoms with Gasteiger partial charge in [-0.05, 0) is 29.8 Å². The molecule has 2 aromatic rings. The number of aliphatic hydroxyl groups is 1. The first kappa shape index (κ1) is 15.3. The maximum absolute atomic E-state index is 13.5. The lowest BCUT2D eigenvalue weighted by Crippen LogP contribution is -2.13. The molecule has 2 rings (SSSR count). The van der Waals surface area contributed by atoms with Crippen LogP contribution in [0.2, 0.25) is 0 Å². The Labute approximate surface area is 122 Å². The topological polar surface area (TPSA) is 75.6 Å². The molecule has 7 heteroatoms. The van der Waals surface area contributed by atoms with Crippen LogP contribution in [0.25, 0.3) is 0 Å². The van der Waals surface area contributed by atoms with E-state index in [1.54, 1.807) is 0 Å². The summed E-state index contributed by atoms with van der Waals surface area (Å²) < 4.78 is 44.9. The standard InChI is InChI=1S/C14H14FNO4S/c1-20-14-7-4-11(8-13(14)15)16-21(18,19)12-5-2-10(9-17)3-6-12/h2-8,16-17H,9H2,1H3. The molecule has 0 fully saturated rings. The van der Waals surface area contributed by atoms with E-state index < -0.39 is 15.8 Å². The monoisotopic (exact) mass is 311 g/mol. The number of aliphatic hydroxyl groups excluding tert-OH is 1. The summed E-state index contributed by atoms with van der Waals surface area (Å²) in [7, 11) is -2.49. The van der Waals surface area contributed by atoms with E-state index in [1.807, 2.05) is 0 Å². The first-order chi connectivity index (χ1) is 9.96. The Bertz CT molecular complexity index is 729. The van der Waals surface area contributed by atoms with Gasteiger partial charge in [-0.15, -0.1) is 0 Å². The van der Waals surface area contributed by atoms with Crippen LogP contribution in [0.5, 0.6) is 5.75 Å². The largest absolute Gasteiger partial charge is 0.494 e. The van der Waals surface area contributed by atoms with Crippen molar-refractivity contribution in [2.24, 2.45) is 0 Å². The predicted molar refractivity (Wildman–Crippen MR) is 76.1 cm³/mol. The van der Waals surface area contributed by atoms with Gasteiger partial charge in [0.05, 0.1) is 24.3 Å². The van der Waals surface area contributed by atoms with Crippen LogP contribution in [0.15, 0.2) is 47.4 Å². The van der Waals surface area contributed by atoms with Crippen molar-refractivity contribution >= 4 is 15.7 Å². The molecule has 0 saturated carbocycles. The Morgan fingerprint density at radius 2 is 1.86 bits per heavy atom. The molecule has 0 aliphatic heterocycles. The number of rotatable bonds is 5. The molecule has 0 atom stereocenters. The van der Waals surface area contributed by atoms with Gasteiger partial charge < -0.3 is 9.84 Å². The predicted octanol–water partition coefficient (Wildman–Crippen LogP) is 2.13. The first-order valence-electron chi connectivity index (χ1n) is 6.02. The van der Waals surface area contributed by atoms with E-state index in [4.69, 9.17) is 9.84 Å². The van der Waals surface area contributed by atoms with Crippen molar-refractivity contribution in [2.45, 2.75) is 11.5 Å². The number of benzene rings is 2. The fraction of sp³-hybridized carbons (Fsp3) is 0.143. The van der Waals surface area contributed by atoms with E-state index in [9.17, 15) is 12.8 Å². The molecule has 0 heterocycles. The third kappa shape index (κ3) is 3.50. The number of hydrogen-bond donors (Lipinski definition) is 2. The number of nitrogens with one attached hydrogen (secondary N) is 1. The van der Waals surface area contributed by atoms with E-state index in [2.05, 4.69) is 4.72 Å². The highest BCUT2D eigenvalue weighted by Crippen LogP contribution is 2.23. The van der Waals surface area contributed by atoms with Crippen LogP contribution >= 0.6 is 0 Å². The lowest BCUT2D eigenvalue weighted by atomic mass is 10.2. The molecular weight excluding hydrogens is 297 g/mol. The van der Waals surface area contributed by atoms with E-state index in [-0.39, 0.29) is 22.9 Å². The van der Waals surface area contributed by atoms with Crippen LogP contribution in [-0.4, -0.2) is 20.6 Å². The molecule has 0 aromatic heterocycles. The van der Waals surface area contributed by atoms with Gasteiger partial charge in [0, 0.05) is 6.07 Å². The van der Waals surface area contributed by atoms with Crippen LogP contribution in [0, 0.1) is 5.82 Å². The third-order valence-electron chi connectivity index (χ3n) is 2.82. The van der Waals surface area contributed by atoms with Crippen molar-refractivity contribution in [2.75, 3.05) is 11.8 Å². The maximum atomic E-state index is 13.5. The van der Waals surface area contributed by atoms with Crippen molar-refractivity contribution < 1.29 is 22.7 Å². The molecule has 0 radical (unpaired) electrons. The number of anilines is 1. The quantitative estimate of drug-likeness (QED) is 0.887. The maximum Gasteiger partial charge on any atom is 0.261 e. The zero-order chi connectivity index (χ0) is 15.5. The van der Waals surface area contributed by atoms with Crippen molar-refractivity contribution in [3.8, 4) is 5.75 Å². The van der Waals surface area contributed by atoms with Gasteiger partial charge in [-0.25, -0.2) is 12.8 Å². The number of halogens is 1. The molecule has 0 aliphatic carbocycles. The highest BCUT2D eigenvalue weighted by atomic mass is 32.2. The Balaban J connectivity index is 2.26. The van der Waals surface area contributed by atoms with Crippen LogP contribution in [-0.2, 0) is 16.6 Å². The lowest BCUT2D eigenvalue weighted by molar-refractivity contribution is 0.282. The summed E-state index contributed by atoms with van der Waals surface area (Å²) in [6.45, 7) is -0.169. The fourth-order valence-corrected chi connectivity index (χ4v) is 2.77. The van der Waals surface area contributed by atoms with Gasteiger partial charge in [0.2, 0.25) is 0 Å². The Morgan fingerprint density at radius 1 is 1.19 bits per heavy atom. The summed E-state index contributed by atoms with van der Waals surface area (Å²) in [4.78, 5) is 0.0240. The van der Waals surface area contributed by atoms with Gasteiger partial charge in [0.25, 0.3) is 10.0 Å². The average molecular weight is 311 g/mol. The zero-order valence-corrected chi connectivity index (χ0v) is 12.0. The van der Waals surface area contributed by atoms with Gasteiger partial charge >= 0.3 is 0 Å². The van der Waals surface area contributed by atoms with Gasteiger partial charge in [0.15, 0.2) is 11.6 Å².